The summed E-state index contributed by atoms with van der Waals surface area (Å²) in [5, 5.41) is 6.06. The molecule has 0 aliphatic rings. The number of carbonyl (C=O) groups is 2. The molecule has 0 aromatic heterocycles. The molecule has 0 unspecified atom stereocenters. The lowest BCUT2D eigenvalue weighted by Gasteiger charge is -2.19. The maximum atomic E-state index is 11.2. The first kappa shape index (κ1) is 17.2. The van der Waals surface area contributed by atoms with Crippen LogP contribution >= 0.6 is 0 Å². The summed E-state index contributed by atoms with van der Waals surface area (Å²) in [5.41, 5.74) is 1.06. The van der Waals surface area contributed by atoms with Crippen molar-refractivity contribution in [2.75, 3.05) is 6.54 Å². The van der Waals surface area contributed by atoms with Crippen molar-refractivity contribution in [3.05, 3.63) is 0 Å². The first-order chi connectivity index (χ1) is 8.49. The van der Waals surface area contributed by atoms with E-state index in [1.807, 2.05) is 0 Å². The Morgan fingerprint density at radius 2 is 1.47 bits per heavy atom. The maximum absolute atomic E-state index is 11.2. The summed E-state index contributed by atoms with van der Waals surface area (Å²) in [6, 6.07) is 0. The minimum atomic E-state index is -0.652. The molecule has 0 bridgehead atoms. The van der Waals surface area contributed by atoms with Crippen molar-refractivity contribution in [3.8, 4) is 0 Å². The fraction of sp³-hybridized carbons (Fsp3) is 0.750. The van der Waals surface area contributed by atoms with E-state index in [0.29, 0.717) is 0 Å². The average molecular weight is 273 g/mol. The van der Waals surface area contributed by atoms with E-state index in [1.54, 1.807) is 41.5 Å². The Hall–Kier alpha value is -1.79. The molecule has 0 atom stereocenters. The van der Waals surface area contributed by atoms with Crippen LogP contribution in [0.15, 0.2) is 5.10 Å². The highest BCUT2D eigenvalue weighted by Crippen LogP contribution is 2.06. The molecule has 0 aromatic rings. The Morgan fingerprint density at radius 3 is 1.95 bits per heavy atom. The Kier molecular flexibility index (Phi) is 6.31. The van der Waals surface area contributed by atoms with Crippen molar-refractivity contribution >= 4 is 18.4 Å². The van der Waals surface area contributed by atoms with Gasteiger partial charge >= 0.3 is 12.2 Å². The molecule has 0 saturated heterocycles. The van der Waals surface area contributed by atoms with Crippen molar-refractivity contribution < 1.29 is 19.1 Å². The highest BCUT2D eigenvalue weighted by Gasteiger charge is 2.16. The van der Waals surface area contributed by atoms with Gasteiger partial charge < -0.3 is 14.8 Å². The van der Waals surface area contributed by atoms with Gasteiger partial charge in [0.05, 0.1) is 6.54 Å². The summed E-state index contributed by atoms with van der Waals surface area (Å²) in [6.07, 6.45) is 0.130. The number of nitrogens with one attached hydrogen (secondary N) is 2. The minimum Gasteiger partial charge on any atom is -0.444 e. The quantitative estimate of drug-likeness (QED) is 0.608. The first-order valence-corrected chi connectivity index (χ1v) is 5.97. The molecule has 19 heavy (non-hydrogen) atoms. The first-order valence-electron chi connectivity index (χ1n) is 5.97. The zero-order valence-corrected chi connectivity index (χ0v) is 12.4. The van der Waals surface area contributed by atoms with Crippen LogP contribution in [0.25, 0.3) is 0 Å². The van der Waals surface area contributed by atoms with Crippen LogP contribution < -0.4 is 10.7 Å². The number of hydrazone groups is 1. The zero-order chi connectivity index (χ0) is 15.1. The molecule has 2 N–H and O–H groups in total. The normalized spacial score (nSPS) is 12.1. The van der Waals surface area contributed by atoms with E-state index in [9.17, 15) is 9.59 Å². The molecule has 7 nitrogen and oxygen atoms in total. The topological polar surface area (TPSA) is 89.0 Å². The SMILES string of the molecule is CC(C)(C)OC(=O)NC/C=N/NC(=O)OC(C)(C)C. The van der Waals surface area contributed by atoms with E-state index in [2.05, 4.69) is 15.8 Å². The minimum absolute atomic E-state index is 0.144. The summed E-state index contributed by atoms with van der Waals surface area (Å²) >= 11 is 0. The number of rotatable bonds is 3. The highest BCUT2D eigenvalue weighted by molar-refractivity contribution is 5.74. The van der Waals surface area contributed by atoms with Crippen LogP contribution in [0.5, 0.6) is 0 Å². The molecule has 0 aliphatic heterocycles. The maximum Gasteiger partial charge on any atom is 0.428 e. The van der Waals surface area contributed by atoms with Gasteiger partial charge in [-0.2, -0.15) is 5.10 Å². The fourth-order valence-corrected chi connectivity index (χ4v) is 0.888. The van der Waals surface area contributed by atoms with Crippen LogP contribution in [0, 0.1) is 0 Å². The van der Waals surface area contributed by atoms with Crippen molar-refractivity contribution in [1.29, 1.82) is 0 Å². The van der Waals surface area contributed by atoms with E-state index in [4.69, 9.17) is 9.47 Å². The van der Waals surface area contributed by atoms with Gasteiger partial charge in [-0.3, -0.25) is 0 Å². The molecule has 0 aliphatic carbocycles. The molecule has 0 fully saturated rings. The van der Waals surface area contributed by atoms with Gasteiger partial charge in [-0.05, 0) is 41.5 Å². The van der Waals surface area contributed by atoms with Gasteiger partial charge in [-0.15, -0.1) is 0 Å². The van der Waals surface area contributed by atoms with Gasteiger partial charge in [0, 0.05) is 6.21 Å². The van der Waals surface area contributed by atoms with Gasteiger partial charge in [-0.1, -0.05) is 0 Å². The average Bonchev–Trinajstić information content (AvgIpc) is 2.10. The third-order valence-electron chi connectivity index (χ3n) is 1.38. The molecular weight excluding hydrogens is 250 g/mol. The lowest BCUT2D eigenvalue weighted by Crippen LogP contribution is -2.34. The number of nitrogens with zero attached hydrogens (tertiary/aromatic N) is 1. The van der Waals surface area contributed by atoms with Gasteiger partial charge in [0.1, 0.15) is 11.2 Å². The van der Waals surface area contributed by atoms with E-state index in [-0.39, 0.29) is 6.54 Å². The summed E-state index contributed by atoms with van der Waals surface area (Å²) in [4.78, 5) is 22.4. The van der Waals surface area contributed by atoms with E-state index >= 15 is 0 Å². The highest BCUT2D eigenvalue weighted by atomic mass is 16.6. The zero-order valence-electron chi connectivity index (χ0n) is 12.4. The second-order valence-electron chi connectivity index (χ2n) is 5.81. The number of hydrogen-bond donors (Lipinski definition) is 2. The monoisotopic (exact) mass is 273 g/mol. The lowest BCUT2D eigenvalue weighted by atomic mass is 10.2. The predicted octanol–water partition coefficient (Wildman–Crippen LogP) is 2.02. The molecule has 0 aromatic carbocycles. The van der Waals surface area contributed by atoms with Crippen LogP contribution in [-0.4, -0.2) is 36.1 Å². The fourth-order valence-electron chi connectivity index (χ4n) is 0.888. The summed E-state index contributed by atoms with van der Waals surface area (Å²) < 4.78 is 9.96. The number of alkyl carbamates (subject to hydrolysis) is 1. The van der Waals surface area contributed by atoms with E-state index < -0.39 is 23.4 Å². The molecule has 0 spiro atoms. The van der Waals surface area contributed by atoms with Crippen molar-refractivity contribution in [2.45, 2.75) is 52.7 Å². The van der Waals surface area contributed by atoms with Gasteiger partial charge in [0.15, 0.2) is 0 Å². The smallest absolute Gasteiger partial charge is 0.428 e. The third kappa shape index (κ3) is 12.5. The number of hydrogen-bond acceptors (Lipinski definition) is 5. The number of carbonyl (C=O) groups excluding carboxylic acids is 2. The van der Waals surface area contributed by atoms with Crippen LogP contribution in [-0.2, 0) is 9.47 Å². The lowest BCUT2D eigenvalue weighted by molar-refractivity contribution is 0.0525. The van der Waals surface area contributed by atoms with E-state index in [1.165, 1.54) is 6.21 Å². The van der Waals surface area contributed by atoms with Crippen LogP contribution in [0.3, 0.4) is 0 Å². The molecule has 0 rings (SSSR count). The second-order valence-corrected chi connectivity index (χ2v) is 5.81. The molecule has 2 amide bonds. The molecule has 0 radical (unpaired) electrons. The molecule has 0 heterocycles. The summed E-state index contributed by atoms with van der Waals surface area (Å²) in [5.74, 6) is 0. The Balaban J connectivity index is 3.81. The van der Waals surface area contributed by atoms with Crippen molar-refractivity contribution in [1.82, 2.24) is 10.7 Å². The molecule has 0 saturated carbocycles. The number of ether oxygens (including phenoxy) is 2. The van der Waals surface area contributed by atoms with Crippen molar-refractivity contribution in [2.24, 2.45) is 5.10 Å². The Bertz CT molecular complexity index is 340. The third-order valence-corrected chi connectivity index (χ3v) is 1.38. The summed E-state index contributed by atoms with van der Waals surface area (Å²) in [6.45, 7) is 10.7. The van der Waals surface area contributed by atoms with Gasteiger partial charge in [0.2, 0.25) is 0 Å². The van der Waals surface area contributed by atoms with Crippen molar-refractivity contribution in [3.63, 3.8) is 0 Å². The van der Waals surface area contributed by atoms with Gasteiger partial charge in [0.25, 0.3) is 0 Å². The summed E-state index contributed by atoms with van der Waals surface area (Å²) in [7, 11) is 0. The Morgan fingerprint density at radius 1 is 1.00 bits per heavy atom. The van der Waals surface area contributed by atoms with Crippen LogP contribution in [0.1, 0.15) is 41.5 Å². The Labute approximate surface area is 113 Å². The molecular formula is C12H23N3O4. The van der Waals surface area contributed by atoms with Crippen LogP contribution in [0.2, 0.25) is 0 Å². The standard InChI is InChI=1S/C12H23N3O4/c1-11(2,3)18-9(16)13-7-8-14-15-10(17)19-12(4,5)6/h8H,7H2,1-6H3,(H,13,16)(H,15,17)/b14-8+. The molecule has 7 heteroatoms. The van der Waals surface area contributed by atoms with E-state index in [0.717, 1.165) is 0 Å². The second kappa shape index (κ2) is 6.96. The molecule has 110 valence electrons. The largest absolute Gasteiger partial charge is 0.444 e. The number of amides is 2. The predicted molar refractivity (Wildman–Crippen MR) is 72.1 cm³/mol. The van der Waals surface area contributed by atoms with Crippen LogP contribution in [0.4, 0.5) is 9.59 Å². The van der Waals surface area contributed by atoms with Gasteiger partial charge in [-0.25, -0.2) is 15.0 Å².